The summed E-state index contributed by atoms with van der Waals surface area (Å²) in [5.74, 6) is -0.0907. The lowest BCUT2D eigenvalue weighted by Crippen LogP contribution is -2.28. The van der Waals surface area contributed by atoms with Gasteiger partial charge in [-0.3, -0.25) is 9.59 Å². The molecule has 1 heterocycles. The van der Waals surface area contributed by atoms with Gasteiger partial charge in [0.05, 0.1) is 28.4 Å². The van der Waals surface area contributed by atoms with Gasteiger partial charge in [0.2, 0.25) is 5.91 Å². The molecule has 2 aromatic carbocycles. The van der Waals surface area contributed by atoms with Gasteiger partial charge in [-0.25, -0.2) is 4.98 Å². The number of nitrogens with zero attached hydrogens (tertiary/aromatic N) is 1. The molecule has 0 saturated carbocycles. The van der Waals surface area contributed by atoms with Crippen LogP contribution >= 0.6 is 22.9 Å². The number of halogens is 1. The van der Waals surface area contributed by atoms with Crippen LogP contribution in [0.25, 0.3) is 10.6 Å². The number of anilines is 1. The number of nitrogens with one attached hydrogen (secondary N) is 2. The number of amides is 2. The summed E-state index contributed by atoms with van der Waals surface area (Å²) in [5, 5.41) is 8.94. The van der Waals surface area contributed by atoms with E-state index in [1.807, 2.05) is 43.5 Å². The maximum Gasteiger partial charge on any atom is 0.253 e. The number of rotatable bonds is 7. The molecule has 29 heavy (non-hydrogen) atoms. The molecule has 2 amide bonds. The number of carbonyl (C=O) groups excluding carboxylic acids is 2. The maximum absolute atomic E-state index is 12.5. The lowest BCUT2D eigenvalue weighted by Gasteiger charge is -2.12. The van der Waals surface area contributed by atoms with Crippen LogP contribution < -0.4 is 10.6 Å². The summed E-state index contributed by atoms with van der Waals surface area (Å²) in [6, 6.07) is 14.5. The van der Waals surface area contributed by atoms with E-state index in [4.69, 9.17) is 11.6 Å². The van der Waals surface area contributed by atoms with Crippen LogP contribution in [-0.4, -0.2) is 23.3 Å². The molecular formula is C22H22ClN3O2S. The van der Waals surface area contributed by atoms with Crippen molar-refractivity contribution in [2.75, 3.05) is 11.9 Å². The van der Waals surface area contributed by atoms with Gasteiger partial charge in [0.25, 0.3) is 5.91 Å². The number of carbonyl (C=O) groups is 2. The minimum Gasteiger partial charge on any atom is -0.352 e. The first-order valence-corrected chi connectivity index (χ1v) is 10.6. The van der Waals surface area contributed by atoms with Crippen molar-refractivity contribution in [2.24, 2.45) is 5.92 Å². The Morgan fingerprint density at radius 3 is 2.59 bits per heavy atom. The van der Waals surface area contributed by atoms with E-state index in [1.54, 1.807) is 24.3 Å². The smallest absolute Gasteiger partial charge is 0.253 e. The predicted molar refractivity (Wildman–Crippen MR) is 119 cm³/mol. The van der Waals surface area contributed by atoms with E-state index in [0.717, 1.165) is 10.6 Å². The fourth-order valence-electron chi connectivity index (χ4n) is 2.69. The van der Waals surface area contributed by atoms with Gasteiger partial charge in [-0.2, -0.15) is 0 Å². The Balaban J connectivity index is 1.68. The predicted octanol–water partition coefficient (Wildman–Crippen LogP) is 5.03. The van der Waals surface area contributed by atoms with Crippen molar-refractivity contribution in [2.45, 2.75) is 20.3 Å². The zero-order valence-corrected chi connectivity index (χ0v) is 17.8. The van der Waals surface area contributed by atoms with Crippen LogP contribution in [0, 0.1) is 5.92 Å². The second-order valence-electron chi connectivity index (χ2n) is 7.00. The van der Waals surface area contributed by atoms with Crippen molar-refractivity contribution in [3.05, 3.63) is 70.2 Å². The zero-order chi connectivity index (χ0) is 20.8. The molecule has 3 rings (SSSR count). The maximum atomic E-state index is 12.5. The third kappa shape index (κ3) is 5.65. The Kier molecular flexibility index (Phi) is 7.01. The molecule has 0 radical (unpaired) electrons. The highest BCUT2D eigenvalue weighted by molar-refractivity contribution is 7.13. The van der Waals surface area contributed by atoms with Crippen molar-refractivity contribution in [3.8, 4) is 10.6 Å². The highest BCUT2D eigenvalue weighted by atomic mass is 35.5. The standard InChI is InChI=1S/C22H22ClN3O2S/c1-14(2)12-24-21(28)17-8-4-6-10-19(17)26-20(27)11-15-13-29-22(25-15)16-7-3-5-9-18(16)23/h3-10,13-14H,11-12H2,1-2H3,(H,24,28)(H,26,27). The van der Waals surface area contributed by atoms with Crippen LogP contribution in [0.15, 0.2) is 53.9 Å². The summed E-state index contributed by atoms with van der Waals surface area (Å²) in [6.45, 7) is 4.63. The van der Waals surface area contributed by atoms with Gasteiger partial charge in [-0.1, -0.05) is 55.8 Å². The van der Waals surface area contributed by atoms with Crippen molar-refractivity contribution in [1.82, 2.24) is 10.3 Å². The molecule has 0 aliphatic heterocycles. The zero-order valence-electron chi connectivity index (χ0n) is 16.2. The quantitative estimate of drug-likeness (QED) is 0.555. The first kappa shape index (κ1) is 21.0. The Hall–Kier alpha value is -2.70. The number of aromatic nitrogens is 1. The molecule has 150 valence electrons. The van der Waals surface area contributed by atoms with E-state index in [-0.39, 0.29) is 18.2 Å². The number of para-hydroxylation sites is 1. The first-order chi connectivity index (χ1) is 13.9. The van der Waals surface area contributed by atoms with Crippen LogP contribution in [0.5, 0.6) is 0 Å². The minimum atomic E-state index is -0.231. The van der Waals surface area contributed by atoms with Gasteiger partial charge in [-0.15, -0.1) is 11.3 Å². The summed E-state index contributed by atoms with van der Waals surface area (Å²) in [5.41, 5.74) is 2.43. The summed E-state index contributed by atoms with van der Waals surface area (Å²) in [4.78, 5) is 29.5. The van der Waals surface area contributed by atoms with Gasteiger partial charge in [-0.05, 0) is 24.1 Å². The molecule has 1 aromatic heterocycles. The molecule has 0 unspecified atom stereocenters. The van der Waals surface area contributed by atoms with Gasteiger partial charge < -0.3 is 10.6 Å². The molecule has 0 aliphatic rings. The summed E-state index contributed by atoms with van der Waals surface area (Å²) in [7, 11) is 0. The van der Waals surface area contributed by atoms with Crippen LogP contribution in [0.3, 0.4) is 0 Å². The Morgan fingerprint density at radius 1 is 1.10 bits per heavy atom. The third-order valence-electron chi connectivity index (χ3n) is 4.11. The lowest BCUT2D eigenvalue weighted by atomic mass is 10.1. The average molecular weight is 428 g/mol. The van der Waals surface area contributed by atoms with E-state index in [9.17, 15) is 9.59 Å². The van der Waals surface area contributed by atoms with Gasteiger partial charge >= 0.3 is 0 Å². The molecule has 0 fully saturated rings. The van der Waals surface area contributed by atoms with E-state index >= 15 is 0 Å². The molecule has 7 heteroatoms. The van der Waals surface area contributed by atoms with Gasteiger partial charge in [0.15, 0.2) is 0 Å². The number of hydrogen-bond donors (Lipinski definition) is 2. The van der Waals surface area contributed by atoms with Crippen LogP contribution in [-0.2, 0) is 11.2 Å². The van der Waals surface area contributed by atoms with E-state index in [2.05, 4.69) is 15.6 Å². The van der Waals surface area contributed by atoms with Gasteiger partial charge in [0, 0.05) is 17.5 Å². The van der Waals surface area contributed by atoms with Crippen molar-refractivity contribution < 1.29 is 9.59 Å². The number of benzene rings is 2. The second-order valence-corrected chi connectivity index (χ2v) is 8.26. The average Bonchev–Trinajstić information content (AvgIpc) is 3.14. The van der Waals surface area contributed by atoms with Gasteiger partial charge in [0.1, 0.15) is 5.01 Å². The van der Waals surface area contributed by atoms with Crippen LogP contribution in [0.2, 0.25) is 5.02 Å². The fourth-order valence-corrected chi connectivity index (χ4v) is 3.83. The molecule has 3 aromatic rings. The molecular weight excluding hydrogens is 406 g/mol. The second kappa shape index (κ2) is 9.67. The normalized spacial score (nSPS) is 10.8. The highest BCUT2D eigenvalue weighted by Gasteiger charge is 2.15. The van der Waals surface area contributed by atoms with Crippen molar-refractivity contribution in [1.29, 1.82) is 0 Å². The first-order valence-electron chi connectivity index (χ1n) is 9.30. The summed E-state index contributed by atoms with van der Waals surface area (Å²) in [6.07, 6.45) is 0.114. The number of hydrogen-bond acceptors (Lipinski definition) is 4. The van der Waals surface area contributed by atoms with E-state index < -0.39 is 0 Å². The van der Waals surface area contributed by atoms with Crippen molar-refractivity contribution >= 4 is 40.4 Å². The highest BCUT2D eigenvalue weighted by Crippen LogP contribution is 2.30. The van der Waals surface area contributed by atoms with Crippen LogP contribution in [0.1, 0.15) is 29.9 Å². The molecule has 0 atom stereocenters. The molecule has 0 aliphatic carbocycles. The van der Waals surface area contributed by atoms with Crippen LogP contribution in [0.4, 0.5) is 5.69 Å². The molecule has 0 bridgehead atoms. The fraction of sp³-hybridized carbons (Fsp3) is 0.227. The molecule has 2 N–H and O–H groups in total. The lowest BCUT2D eigenvalue weighted by molar-refractivity contribution is -0.115. The van der Waals surface area contributed by atoms with Crippen molar-refractivity contribution in [3.63, 3.8) is 0 Å². The molecule has 0 spiro atoms. The largest absolute Gasteiger partial charge is 0.352 e. The third-order valence-corrected chi connectivity index (χ3v) is 5.37. The summed E-state index contributed by atoms with van der Waals surface area (Å²) >= 11 is 7.67. The summed E-state index contributed by atoms with van der Waals surface area (Å²) < 4.78 is 0. The Labute approximate surface area is 179 Å². The molecule has 5 nitrogen and oxygen atoms in total. The van der Waals surface area contributed by atoms with E-state index in [0.29, 0.717) is 34.4 Å². The Bertz CT molecular complexity index is 1020. The SMILES string of the molecule is CC(C)CNC(=O)c1ccccc1NC(=O)Cc1csc(-c2ccccc2Cl)n1. The monoisotopic (exact) mass is 427 g/mol. The van der Waals surface area contributed by atoms with E-state index in [1.165, 1.54) is 11.3 Å². The molecule has 0 saturated heterocycles. The topological polar surface area (TPSA) is 71.1 Å². The Morgan fingerprint density at radius 2 is 1.83 bits per heavy atom. The minimum absolute atomic E-state index is 0.114. The number of thiazole rings is 1.